The first-order valence-corrected chi connectivity index (χ1v) is 8.61. The summed E-state index contributed by atoms with van der Waals surface area (Å²) in [5.41, 5.74) is 5.48. The van der Waals surface area contributed by atoms with Crippen molar-refractivity contribution in [2.45, 2.75) is 31.2 Å². The van der Waals surface area contributed by atoms with E-state index in [1.165, 1.54) is 12.1 Å². The van der Waals surface area contributed by atoms with Crippen LogP contribution in [-0.4, -0.2) is 53.3 Å². The molecule has 0 bridgehead atoms. The summed E-state index contributed by atoms with van der Waals surface area (Å²) < 4.78 is 13.9. The molecule has 2 amide bonds. The van der Waals surface area contributed by atoms with Crippen LogP contribution in [0.25, 0.3) is 0 Å². The topological polar surface area (TPSA) is 66.6 Å². The highest BCUT2D eigenvalue weighted by Crippen LogP contribution is 2.29. The molecule has 5 nitrogen and oxygen atoms in total. The van der Waals surface area contributed by atoms with Crippen LogP contribution in [0.1, 0.15) is 36.0 Å². The Morgan fingerprint density at radius 1 is 1.08 bits per heavy atom. The van der Waals surface area contributed by atoms with Crippen LogP contribution in [0.5, 0.6) is 0 Å². The lowest BCUT2D eigenvalue weighted by Crippen LogP contribution is -2.59. The van der Waals surface area contributed by atoms with Crippen molar-refractivity contribution >= 4 is 23.4 Å². The Kier molecular flexibility index (Phi) is 4.78. The summed E-state index contributed by atoms with van der Waals surface area (Å²) in [5, 5.41) is 0.254. The molecule has 7 heteroatoms. The van der Waals surface area contributed by atoms with E-state index in [-0.39, 0.29) is 22.4 Å². The van der Waals surface area contributed by atoms with Crippen LogP contribution >= 0.6 is 11.6 Å². The maximum Gasteiger partial charge on any atom is 0.256 e. The monoisotopic (exact) mass is 353 g/mol. The largest absolute Gasteiger partial charge is 0.338 e. The summed E-state index contributed by atoms with van der Waals surface area (Å²) >= 11 is 5.72. The molecular formula is C17H21ClFN3O2. The minimum Gasteiger partial charge on any atom is -0.338 e. The zero-order valence-electron chi connectivity index (χ0n) is 13.4. The summed E-state index contributed by atoms with van der Waals surface area (Å²) in [6, 6.07) is 4.02. The Morgan fingerprint density at radius 2 is 1.67 bits per heavy atom. The molecule has 1 aromatic rings. The Balaban J connectivity index is 1.62. The van der Waals surface area contributed by atoms with Crippen LogP contribution in [0.3, 0.4) is 0 Å². The lowest BCUT2D eigenvalue weighted by Gasteiger charge is -2.38. The lowest BCUT2D eigenvalue weighted by atomic mass is 9.97. The van der Waals surface area contributed by atoms with Crippen molar-refractivity contribution in [1.82, 2.24) is 9.80 Å². The van der Waals surface area contributed by atoms with Gasteiger partial charge in [0.05, 0.1) is 11.1 Å². The molecule has 24 heavy (non-hydrogen) atoms. The number of nitrogens with two attached hydrogens (primary N) is 1. The van der Waals surface area contributed by atoms with Gasteiger partial charge in [0.25, 0.3) is 5.91 Å². The van der Waals surface area contributed by atoms with E-state index in [1.807, 2.05) is 0 Å². The van der Waals surface area contributed by atoms with Crippen molar-refractivity contribution in [3.05, 3.63) is 34.6 Å². The second kappa shape index (κ2) is 6.69. The van der Waals surface area contributed by atoms with Gasteiger partial charge < -0.3 is 15.5 Å². The minimum atomic E-state index is -0.742. The Labute approximate surface area is 145 Å². The standard InChI is InChI=1S/C17H21ClFN3O2/c18-12-3-4-13(14(19)11-12)15(23)21-7-9-22(10-8-21)16(24)17(20)5-1-2-6-17/h3-4,11H,1-2,5-10,20H2. The van der Waals surface area contributed by atoms with E-state index in [4.69, 9.17) is 17.3 Å². The molecule has 2 aliphatic rings. The van der Waals surface area contributed by atoms with Gasteiger partial charge in [-0.3, -0.25) is 9.59 Å². The average molecular weight is 354 g/mol. The number of nitrogens with zero attached hydrogens (tertiary/aromatic N) is 2. The maximum absolute atomic E-state index is 13.9. The number of rotatable bonds is 2. The van der Waals surface area contributed by atoms with Gasteiger partial charge in [0.2, 0.25) is 5.91 Å². The predicted octanol–water partition coefficient (Wildman–Crippen LogP) is 2.04. The molecule has 130 valence electrons. The number of hydrogen-bond donors (Lipinski definition) is 1. The lowest BCUT2D eigenvalue weighted by molar-refractivity contribution is -0.138. The SMILES string of the molecule is NC1(C(=O)N2CCN(C(=O)c3ccc(Cl)cc3F)CC2)CCCC1. The van der Waals surface area contributed by atoms with E-state index in [2.05, 4.69) is 0 Å². The third-order valence-corrected chi connectivity index (χ3v) is 5.17. The van der Waals surface area contributed by atoms with Crippen molar-refractivity contribution in [2.75, 3.05) is 26.2 Å². The van der Waals surface area contributed by atoms with Crippen molar-refractivity contribution < 1.29 is 14.0 Å². The van der Waals surface area contributed by atoms with Gasteiger partial charge in [-0.2, -0.15) is 0 Å². The van der Waals surface area contributed by atoms with E-state index in [0.717, 1.165) is 31.7 Å². The van der Waals surface area contributed by atoms with Crippen LogP contribution in [0.15, 0.2) is 18.2 Å². The number of benzene rings is 1. The Hall–Kier alpha value is -1.66. The quantitative estimate of drug-likeness (QED) is 0.884. The highest BCUT2D eigenvalue weighted by Gasteiger charge is 2.40. The molecule has 1 saturated heterocycles. The number of halogens is 2. The van der Waals surface area contributed by atoms with E-state index in [9.17, 15) is 14.0 Å². The smallest absolute Gasteiger partial charge is 0.256 e. The summed E-state index contributed by atoms with van der Waals surface area (Å²) in [4.78, 5) is 28.3. The molecule has 0 unspecified atom stereocenters. The van der Waals surface area contributed by atoms with Gasteiger partial charge >= 0.3 is 0 Å². The normalized spacial score (nSPS) is 20.3. The molecule has 2 N–H and O–H groups in total. The van der Waals surface area contributed by atoms with Crippen LogP contribution in [-0.2, 0) is 4.79 Å². The molecule has 0 atom stereocenters. The fraction of sp³-hybridized carbons (Fsp3) is 0.529. The fourth-order valence-electron chi connectivity index (χ4n) is 3.48. The Morgan fingerprint density at radius 3 is 2.25 bits per heavy atom. The number of hydrogen-bond acceptors (Lipinski definition) is 3. The van der Waals surface area contributed by atoms with Gasteiger partial charge in [-0.25, -0.2) is 4.39 Å². The summed E-state index contributed by atoms with van der Waals surface area (Å²) in [7, 11) is 0. The Bertz CT molecular complexity index is 653. The first-order chi connectivity index (χ1) is 11.4. The average Bonchev–Trinajstić information content (AvgIpc) is 3.02. The number of carbonyl (C=O) groups excluding carboxylic acids is 2. The van der Waals surface area contributed by atoms with Crippen molar-refractivity contribution in [1.29, 1.82) is 0 Å². The summed E-state index contributed by atoms with van der Waals surface area (Å²) in [6.45, 7) is 1.61. The summed E-state index contributed by atoms with van der Waals surface area (Å²) in [5.74, 6) is -1.03. The number of piperazine rings is 1. The third-order valence-electron chi connectivity index (χ3n) is 4.94. The van der Waals surface area contributed by atoms with Crippen LogP contribution < -0.4 is 5.73 Å². The molecule has 1 aromatic carbocycles. The highest BCUT2D eigenvalue weighted by molar-refractivity contribution is 6.30. The van der Waals surface area contributed by atoms with Gasteiger partial charge in [-0.15, -0.1) is 0 Å². The first-order valence-electron chi connectivity index (χ1n) is 8.23. The van der Waals surface area contributed by atoms with Gasteiger partial charge in [0.1, 0.15) is 5.82 Å². The van der Waals surface area contributed by atoms with Gasteiger partial charge in [-0.05, 0) is 31.0 Å². The molecule has 1 saturated carbocycles. The molecule has 3 rings (SSSR count). The van der Waals surface area contributed by atoms with E-state index < -0.39 is 11.4 Å². The van der Waals surface area contributed by atoms with Gasteiger partial charge in [0.15, 0.2) is 0 Å². The molecule has 0 radical (unpaired) electrons. The van der Waals surface area contributed by atoms with Crippen LogP contribution in [0.4, 0.5) is 4.39 Å². The van der Waals surface area contributed by atoms with E-state index in [1.54, 1.807) is 9.80 Å². The zero-order valence-corrected chi connectivity index (χ0v) is 14.2. The predicted molar refractivity (Wildman–Crippen MR) is 89.3 cm³/mol. The molecular weight excluding hydrogens is 333 g/mol. The van der Waals surface area contributed by atoms with Crippen LogP contribution in [0.2, 0.25) is 5.02 Å². The molecule has 0 spiro atoms. The van der Waals surface area contributed by atoms with Crippen molar-refractivity contribution in [3.8, 4) is 0 Å². The van der Waals surface area contributed by atoms with Crippen molar-refractivity contribution in [3.63, 3.8) is 0 Å². The highest BCUT2D eigenvalue weighted by atomic mass is 35.5. The van der Waals surface area contributed by atoms with Crippen molar-refractivity contribution in [2.24, 2.45) is 5.73 Å². The molecule has 1 aliphatic heterocycles. The maximum atomic E-state index is 13.9. The van der Waals surface area contributed by atoms with E-state index in [0.29, 0.717) is 26.2 Å². The molecule has 0 aromatic heterocycles. The number of carbonyl (C=O) groups is 2. The van der Waals surface area contributed by atoms with Crippen LogP contribution in [0, 0.1) is 5.82 Å². The van der Waals surface area contributed by atoms with E-state index >= 15 is 0 Å². The second-order valence-electron chi connectivity index (χ2n) is 6.57. The molecule has 2 fully saturated rings. The minimum absolute atomic E-state index is 0.00487. The fourth-order valence-corrected chi connectivity index (χ4v) is 3.64. The summed E-state index contributed by atoms with van der Waals surface area (Å²) in [6.07, 6.45) is 3.41. The molecule has 1 heterocycles. The first kappa shape index (κ1) is 17.2. The van der Waals surface area contributed by atoms with Gasteiger partial charge in [-0.1, -0.05) is 24.4 Å². The third kappa shape index (κ3) is 3.26. The zero-order chi connectivity index (χ0) is 17.3. The van der Waals surface area contributed by atoms with Gasteiger partial charge in [0, 0.05) is 31.2 Å². The second-order valence-corrected chi connectivity index (χ2v) is 7.01. The number of amides is 2. The molecule has 1 aliphatic carbocycles.